The number of fused-ring (bicyclic) bond motifs is 1. The van der Waals surface area contributed by atoms with Gasteiger partial charge < -0.3 is 5.32 Å². The van der Waals surface area contributed by atoms with Crippen LogP contribution in [0.1, 0.15) is 5.56 Å². The second-order valence-corrected chi connectivity index (χ2v) is 3.75. The van der Waals surface area contributed by atoms with Crippen molar-refractivity contribution in [1.82, 2.24) is 5.32 Å². The standard InChI is InChI=1S/C12H12ClN/c1-14-8-10-4-2-3-9-7-11(13)5-6-12(9)10/h2-7,14H,8H2,1H3. The van der Waals surface area contributed by atoms with Crippen LogP contribution in [0.25, 0.3) is 10.8 Å². The predicted molar refractivity (Wildman–Crippen MR) is 61.7 cm³/mol. The first-order chi connectivity index (χ1) is 6.81. The minimum Gasteiger partial charge on any atom is -0.316 e. The SMILES string of the molecule is CNCc1cccc2cc(Cl)ccc12. The highest BCUT2D eigenvalue weighted by atomic mass is 35.5. The van der Waals surface area contributed by atoms with Crippen molar-refractivity contribution in [2.24, 2.45) is 0 Å². The van der Waals surface area contributed by atoms with Crippen LogP contribution >= 0.6 is 11.6 Å². The molecule has 72 valence electrons. The number of rotatable bonds is 2. The zero-order valence-corrected chi connectivity index (χ0v) is 8.81. The Morgan fingerprint density at radius 1 is 1.21 bits per heavy atom. The molecule has 0 aromatic heterocycles. The van der Waals surface area contributed by atoms with Crippen LogP contribution in [0.4, 0.5) is 0 Å². The van der Waals surface area contributed by atoms with Gasteiger partial charge in [0.15, 0.2) is 0 Å². The maximum Gasteiger partial charge on any atom is 0.0412 e. The van der Waals surface area contributed by atoms with E-state index in [-0.39, 0.29) is 0 Å². The van der Waals surface area contributed by atoms with Gasteiger partial charge in [-0.25, -0.2) is 0 Å². The molecule has 0 heterocycles. The van der Waals surface area contributed by atoms with Crippen LogP contribution < -0.4 is 5.32 Å². The molecule has 2 rings (SSSR count). The third-order valence-electron chi connectivity index (χ3n) is 2.30. The molecule has 0 spiro atoms. The highest BCUT2D eigenvalue weighted by molar-refractivity contribution is 6.31. The summed E-state index contributed by atoms with van der Waals surface area (Å²) in [4.78, 5) is 0. The maximum atomic E-state index is 5.93. The fourth-order valence-corrected chi connectivity index (χ4v) is 1.85. The van der Waals surface area contributed by atoms with Gasteiger partial charge in [-0.05, 0) is 35.5 Å². The van der Waals surface area contributed by atoms with Gasteiger partial charge in [0.2, 0.25) is 0 Å². The zero-order chi connectivity index (χ0) is 9.97. The van der Waals surface area contributed by atoms with Gasteiger partial charge in [0.1, 0.15) is 0 Å². The van der Waals surface area contributed by atoms with Crippen molar-refractivity contribution < 1.29 is 0 Å². The molecule has 14 heavy (non-hydrogen) atoms. The highest BCUT2D eigenvalue weighted by Crippen LogP contribution is 2.22. The molecule has 0 saturated heterocycles. The van der Waals surface area contributed by atoms with Crippen LogP contribution in [-0.2, 0) is 6.54 Å². The van der Waals surface area contributed by atoms with Crippen LogP contribution in [0.3, 0.4) is 0 Å². The third kappa shape index (κ3) is 1.74. The number of hydrogen-bond donors (Lipinski definition) is 1. The lowest BCUT2D eigenvalue weighted by molar-refractivity contribution is 0.824. The van der Waals surface area contributed by atoms with Crippen LogP contribution in [-0.4, -0.2) is 7.05 Å². The van der Waals surface area contributed by atoms with E-state index in [1.165, 1.54) is 16.3 Å². The smallest absolute Gasteiger partial charge is 0.0412 e. The summed E-state index contributed by atoms with van der Waals surface area (Å²) in [6.45, 7) is 0.888. The van der Waals surface area contributed by atoms with Gasteiger partial charge in [0.05, 0.1) is 0 Å². The topological polar surface area (TPSA) is 12.0 Å². The molecule has 0 fully saturated rings. The lowest BCUT2D eigenvalue weighted by atomic mass is 10.0. The molecule has 0 amide bonds. The summed E-state index contributed by atoms with van der Waals surface area (Å²) in [6, 6.07) is 12.3. The molecule has 1 N–H and O–H groups in total. The molecule has 0 atom stereocenters. The van der Waals surface area contributed by atoms with E-state index < -0.39 is 0 Å². The Labute approximate surface area is 88.7 Å². The molecule has 0 bridgehead atoms. The first-order valence-corrected chi connectivity index (χ1v) is 5.01. The zero-order valence-electron chi connectivity index (χ0n) is 8.05. The van der Waals surface area contributed by atoms with Crippen LogP contribution in [0.5, 0.6) is 0 Å². The molecule has 2 aromatic rings. The van der Waals surface area contributed by atoms with Gasteiger partial charge in [-0.2, -0.15) is 0 Å². The van der Waals surface area contributed by atoms with Crippen molar-refractivity contribution in [3.8, 4) is 0 Å². The number of halogens is 1. The summed E-state index contributed by atoms with van der Waals surface area (Å²) >= 11 is 5.93. The van der Waals surface area contributed by atoms with Gasteiger partial charge in [-0.3, -0.25) is 0 Å². The Kier molecular flexibility index (Phi) is 2.71. The first-order valence-electron chi connectivity index (χ1n) is 4.63. The van der Waals surface area contributed by atoms with Crippen LogP contribution in [0.2, 0.25) is 5.02 Å². The van der Waals surface area contributed by atoms with Crippen LogP contribution in [0, 0.1) is 0 Å². The molecule has 1 nitrogen and oxygen atoms in total. The molecule has 0 unspecified atom stereocenters. The van der Waals surface area contributed by atoms with E-state index in [4.69, 9.17) is 11.6 Å². The summed E-state index contributed by atoms with van der Waals surface area (Å²) in [6.07, 6.45) is 0. The van der Waals surface area contributed by atoms with E-state index in [1.54, 1.807) is 0 Å². The van der Waals surface area contributed by atoms with E-state index in [0.29, 0.717) is 0 Å². The van der Waals surface area contributed by atoms with Crippen molar-refractivity contribution in [1.29, 1.82) is 0 Å². The molecule has 0 radical (unpaired) electrons. The Morgan fingerprint density at radius 3 is 2.86 bits per heavy atom. The molecular weight excluding hydrogens is 194 g/mol. The second-order valence-electron chi connectivity index (χ2n) is 3.31. The van der Waals surface area contributed by atoms with Crippen molar-refractivity contribution >= 4 is 22.4 Å². The minimum atomic E-state index is 0.791. The molecule has 0 aliphatic carbocycles. The van der Waals surface area contributed by atoms with E-state index >= 15 is 0 Å². The normalized spacial score (nSPS) is 10.7. The fraction of sp³-hybridized carbons (Fsp3) is 0.167. The first kappa shape index (κ1) is 9.50. The average molecular weight is 206 g/mol. The molecule has 0 aliphatic rings. The molecule has 2 heteroatoms. The predicted octanol–water partition coefficient (Wildman–Crippen LogP) is 3.21. The summed E-state index contributed by atoms with van der Waals surface area (Å²) in [5.74, 6) is 0. The Morgan fingerprint density at radius 2 is 2.07 bits per heavy atom. The van der Waals surface area contributed by atoms with Crippen molar-refractivity contribution in [2.45, 2.75) is 6.54 Å². The minimum absolute atomic E-state index is 0.791. The van der Waals surface area contributed by atoms with Gasteiger partial charge >= 0.3 is 0 Å². The largest absolute Gasteiger partial charge is 0.316 e. The van der Waals surface area contributed by atoms with Crippen molar-refractivity contribution in [3.05, 3.63) is 47.0 Å². The number of benzene rings is 2. The molecule has 0 saturated carbocycles. The average Bonchev–Trinajstić information content (AvgIpc) is 2.18. The van der Waals surface area contributed by atoms with E-state index in [1.807, 2.05) is 19.2 Å². The van der Waals surface area contributed by atoms with Gasteiger partial charge in [0.25, 0.3) is 0 Å². The number of hydrogen-bond acceptors (Lipinski definition) is 1. The van der Waals surface area contributed by atoms with Crippen LogP contribution in [0.15, 0.2) is 36.4 Å². The Hall–Kier alpha value is -1.05. The van der Waals surface area contributed by atoms with Crippen molar-refractivity contribution in [3.63, 3.8) is 0 Å². The summed E-state index contributed by atoms with van der Waals surface area (Å²) in [5.41, 5.74) is 1.31. The van der Waals surface area contributed by atoms with Crippen molar-refractivity contribution in [2.75, 3.05) is 7.05 Å². The Bertz CT molecular complexity index is 451. The van der Waals surface area contributed by atoms with Gasteiger partial charge in [-0.15, -0.1) is 0 Å². The lowest BCUT2D eigenvalue weighted by Gasteiger charge is -2.05. The molecule has 0 aliphatic heterocycles. The monoisotopic (exact) mass is 205 g/mol. The lowest BCUT2D eigenvalue weighted by Crippen LogP contribution is -2.05. The van der Waals surface area contributed by atoms with Gasteiger partial charge in [0, 0.05) is 11.6 Å². The molecular formula is C12H12ClN. The fourth-order valence-electron chi connectivity index (χ4n) is 1.67. The third-order valence-corrected chi connectivity index (χ3v) is 2.54. The van der Waals surface area contributed by atoms with E-state index in [9.17, 15) is 0 Å². The summed E-state index contributed by atoms with van der Waals surface area (Å²) in [7, 11) is 1.95. The van der Waals surface area contributed by atoms with E-state index in [0.717, 1.165) is 11.6 Å². The highest BCUT2D eigenvalue weighted by Gasteiger charge is 1.99. The van der Waals surface area contributed by atoms with E-state index in [2.05, 4.69) is 29.6 Å². The second kappa shape index (κ2) is 3.99. The Balaban J connectivity index is 2.62. The van der Waals surface area contributed by atoms with Gasteiger partial charge in [-0.1, -0.05) is 35.9 Å². The summed E-state index contributed by atoms with van der Waals surface area (Å²) in [5, 5.41) is 6.42. The summed E-state index contributed by atoms with van der Waals surface area (Å²) < 4.78 is 0. The molecule has 2 aromatic carbocycles. The number of nitrogens with one attached hydrogen (secondary N) is 1. The maximum absolute atomic E-state index is 5.93. The quantitative estimate of drug-likeness (QED) is 0.794.